The van der Waals surface area contributed by atoms with Crippen LogP contribution in [0.2, 0.25) is 0 Å². The maximum atomic E-state index is 12.6. The number of unbranched alkanes of at least 4 members (excludes halogenated alkanes) is 12. The molecule has 9 heteroatoms. The van der Waals surface area contributed by atoms with Gasteiger partial charge < -0.3 is 40.3 Å². The van der Waals surface area contributed by atoms with Gasteiger partial charge in [0.15, 0.2) is 6.29 Å². The van der Waals surface area contributed by atoms with Gasteiger partial charge in [0, 0.05) is 6.42 Å². The number of hydrogen-bond donors (Lipinski definition) is 6. The van der Waals surface area contributed by atoms with Gasteiger partial charge in [-0.3, -0.25) is 4.79 Å². The largest absolute Gasteiger partial charge is 0.394 e. The fourth-order valence-corrected chi connectivity index (χ4v) is 4.80. The van der Waals surface area contributed by atoms with Crippen LogP contribution in [-0.4, -0.2) is 87.5 Å². The number of aliphatic hydroxyl groups excluding tert-OH is 5. The Kier molecular flexibility index (Phi) is 22.2. The molecule has 41 heavy (non-hydrogen) atoms. The molecule has 0 bridgehead atoms. The van der Waals surface area contributed by atoms with Crippen molar-refractivity contribution in [3.05, 3.63) is 24.3 Å². The van der Waals surface area contributed by atoms with Gasteiger partial charge in [-0.15, -0.1) is 0 Å². The maximum absolute atomic E-state index is 12.6. The molecule has 0 saturated carbocycles. The number of carbonyl (C=O) groups excluding carboxylic acids is 1. The third-order valence-corrected chi connectivity index (χ3v) is 7.50. The summed E-state index contributed by atoms with van der Waals surface area (Å²) in [4.78, 5) is 12.6. The van der Waals surface area contributed by atoms with Gasteiger partial charge in [0.2, 0.25) is 5.91 Å². The molecule has 0 aromatic carbocycles. The molecule has 6 N–H and O–H groups in total. The van der Waals surface area contributed by atoms with Gasteiger partial charge in [-0.2, -0.15) is 0 Å². The molecule has 240 valence electrons. The van der Waals surface area contributed by atoms with Crippen molar-refractivity contribution in [2.75, 3.05) is 13.2 Å². The highest BCUT2D eigenvalue weighted by atomic mass is 16.7. The smallest absolute Gasteiger partial charge is 0.220 e. The highest BCUT2D eigenvalue weighted by Gasteiger charge is 2.44. The van der Waals surface area contributed by atoms with Crippen molar-refractivity contribution >= 4 is 5.91 Å². The van der Waals surface area contributed by atoms with Crippen LogP contribution >= 0.6 is 0 Å². The van der Waals surface area contributed by atoms with Crippen LogP contribution in [-0.2, 0) is 14.3 Å². The van der Waals surface area contributed by atoms with E-state index >= 15 is 0 Å². The molecule has 1 fully saturated rings. The molecule has 0 aliphatic carbocycles. The van der Waals surface area contributed by atoms with E-state index < -0.39 is 49.5 Å². The minimum Gasteiger partial charge on any atom is -0.394 e. The minimum absolute atomic E-state index is 0.196. The lowest BCUT2D eigenvalue weighted by Crippen LogP contribution is -2.60. The molecule has 9 nitrogen and oxygen atoms in total. The molecule has 0 aromatic rings. The molecule has 0 aromatic heterocycles. The Labute approximate surface area is 248 Å². The summed E-state index contributed by atoms with van der Waals surface area (Å²) in [5, 5.41) is 53.0. The summed E-state index contributed by atoms with van der Waals surface area (Å²) in [6, 6.07) is -0.800. The Morgan fingerprint density at radius 3 is 2.02 bits per heavy atom. The first-order valence-corrected chi connectivity index (χ1v) is 16.1. The average Bonchev–Trinajstić information content (AvgIpc) is 2.96. The van der Waals surface area contributed by atoms with E-state index in [1.807, 2.05) is 13.0 Å². The lowest BCUT2D eigenvalue weighted by Gasteiger charge is -2.40. The van der Waals surface area contributed by atoms with E-state index in [4.69, 9.17) is 9.47 Å². The van der Waals surface area contributed by atoms with Gasteiger partial charge in [0.25, 0.3) is 0 Å². The number of carbonyl (C=O) groups is 1. The van der Waals surface area contributed by atoms with Crippen molar-refractivity contribution in [1.82, 2.24) is 5.32 Å². The summed E-state index contributed by atoms with van der Waals surface area (Å²) in [7, 11) is 0. The molecule has 1 saturated heterocycles. The molecule has 1 rings (SSSR count). The Bertz CT molecular complexity index is 701. The monoisotopic (exact) mass is 585 g/mol. The van der Waals surface area contributed by atoms with Crippen molar-refractivity contribution in [3.63, 3.8) is 0 Å². The van der Waals surface area contributed by atoms with Gasteiger partial charge in [0.05, 0.1) is 25.4 Å². The van der Waals surface area contributed by atoms with Crippen LogP contribution in [0.1, 0.15) is 117 Å². The fourth-order valence-electron chi connectivity index (χ4n) is 4.80. The fraction of sp³-hybridized carbons (Fsp3) is 0.844. The number of ether oxygens (including phenoxy) is 2. The predicted molar refractivity (Wildman–Crippen MR) is 161 cm³/mol. The molecule has 1 amide bonds. The van der Waals surface area contributed by atoms with Gasteiger partial charge in [0.1, 0.15) is 24.4 Å². The summed E-state index contributed by atoms with van der Waals surface area (Å²) in [6.45, 7) is 3.50. The molecular formula is C32H59NO8. The zero-order valence-corrected chi connectivity index (χ0v) is 25.5. The van der Waals surface area contributed by atoms with E-state index in [1.165, 1.54) is 44.9 Å². The lowest BCUT2D eigenvalue weighted by molar-refractivity contribution is -0.302. The number of aliphatic hydroxyl groups is 5. The van der Waals surface area contributed by atoms with Crippen molar-refractivity contribution in [2.24, 2.45) is 0 Å². The second-order valence-electron chi connectivity index (χ2n) is 11.2. The summed E-state index contributed by atoms with van der Waals surface area (Å²) in [6.07, 6.45) is 17.4. The van der Waals surface area contributed by atoms with Crippen LogP contribution in [0.5, 0.6) is 0 Å². The number of hydrogen-bond acceptors (Lipinski definition) is 8. The summed E-state index contributed by atoms with van der Waals surface area (Å²) >= 11 is 0. The van der Waals surface area contributed by atoms with E-state index in [0.717, 1.165) is 51.4 Å². The number of amides is 1. The van der Waals surface area contributed by atoms with Crippen molar-refractivity contribution in [2.45, 2.75) is 159 Å². The van der Waals surface area contributed by atoms with Crippen LogP contribution in [0.4, 0.5) is 0 Å². The van der Waals surface area contributed by atoms with Gasteiger partial charge in [-0.05, 0) is 38.5 Å². The topological polar surface area (TPSA) is 149 Å². The number of allylic oxidation sites excluding steroid dienone is 3. The third-order valence-electron chi connectivity index (χ3n) is 7.50. The minimum atomic E-state index is -1.56. The molecule has 7 unspecified atom stereocenters. The third kappa shape index (κ3) is 16.8. The first-order valence-electron chi connectivity index (χ1n) is 16.1. The van der Waals surface area contributed by atoms with Gasteiger partial charge >= 0.3 is 0 Å². The standard InChI is InChI=1S/C32H59NO8/c1-3-5-7-8-9-10-11-12-13-14-15-16-17-18-20-22-28(36)33-25(26(35)21-19-6-4-2)24-40-32-31(39)30(38)29(37)27(23-34)41-32/h12-13,19,21,25-27,29-32,34-35,37-39H,3-11,14-18,20,22-24H2,1-2H3,(H,33,36)/b13-12-,21-19+. The van der Waals surface area contributed by atoms with Crippen LogP contribution in [0.25, 0.3) is 0 Å². The molecule has 7 atom stereocenters. The molecule has 0 radical (unpaired) electrons. The maximum Gasteiger partial charge on any atom is 0.220 e. The van der Waals surface area contributed by atoms with E-state index in [0.29, 0.717) is 6.42 Å². The van der Waals surface area contributed by atoms with Crippen molar-refractivity contribution < 1.29 is 39.8 Å². The first kappa shape index (κ1) is 37.7. The lowest BCUT2D eigenvalue weighted by atomic mass is 9.99. The quantitative estimate of drug-likeness (QED) is 0.0734. The molecule has 1 aliphatic heterocycles. The second-order valence-corrected chi connectivity index (χ2v) is 11.2. The van der Waals surface area contributed by atoms with Gasteiger partial charge in [-0.25, -0.2) is 0 Å². The molecule has 0 spiro atoms. The second kappa shape index (κ2) is 24.1. The Hall–Kier alpha value is -1.33. The van der Waals surface area contributed by atoms with Crippen LogP contribution in [0.3, 0.4) is 0 Å². The highest BCUT2D eigenvalue weighted by Crippen LogP contribution is 2.22. The first-order chi connectivity index (χ1) is 19.8. The van der Waals surface area contributed by atoms with Crippen molar-refractivity contribution in [3.8, 4) is 0 Å². The van der Waals surface area contributed by atoms with Gasteiger partial charge in [-0.1, -0.05) is 95.9 Å². The number of nitrogens with one attached hydrogen (secondary N) is 1. The molecular weight excluding hydrogens is 526 g/mol. The molecule has 1 heterocycles. The van der Waals surface area contributed by atoms with E-state index in [2.05, 4.69) is 24.4 Å². The van der Waals surface area contributed by atoms with Crippen LogP contribution in [0, 0.1) is 0 Å². The summed E-state index contributed by atoms with van der Waals surface area (Å²) < 4.78 is 11.0. The highest BCUT2D eigenvalue weighted by molar-refractivity contribution is 5.76. The zero-order valence-electron chi connectivity index (χ0n) is 25.5. The van der Waals surface area contributed by atoms with Crippen molar-refractivity contribution in [1.29, 1.82) is 0 Å². The van der Waals surface area contributed by atoms with E-state index in [-0.39, 0.29) is 12.5 Å². The normalized spacial score (nSPS) is 24.7. The SMILES string of the molecule is CCC/C=C/C(O)C(COC1OC(CO)C(O)C(O)C1O)NC(=O)CCCCCCC/C=C\CCCCCCCC. The van der Waals surface area contributed by atoms with E-state index in [1.54, 1.807) is 6.08 Å². The summed E-state index contributed by atoms with van der Waals surface area (Å²) in [5.41, 5.74) is 0. The Balaban J connectivity index is 2.34. The van der Waals surface area contributed by atoms with Crippen LogP contribution in [0.15, 0.2) is 24.3 Å². The predicted octanol–water partition coefficient (Wildman–Crippen LogP) is 4.04. The molecule has 1 aliphatic rings. The Morgan fingerprint density at radius 2 is 1.41 bits per heavy atom. The van der Waals surface area contributed by atoms with Crippen LogP contribution < -0.4 is 5.32 Å². The Morgan fingerprint density at radius 1 is 0.805 bits per heavy atom. The zero-order chi connectivity index (χ0) is 30.3. The van der Waals surface area contributed by atoms with E-state index in [9.17, 15) is 30.3 Å². The average molecular weight is 586 g/mol. The number of rotatable bonds is 24. The summed E-state index contributed by atoms with van der Waals surface area (Å²) in [5.74, 6) is -0.201.